The molecular formula is C21H33Cl2OSi. The van der Waals surface area contributed by atoms with Gasteiger partial charge in [0.1, 0.15) is 5.75 Å². The molecule has 141 valence electrons. The van der Waals surface area contributed by atoms with Gasteiger partial charge < -0.3 is 4.74 Å². The van der Waals surface area contributed by atoms with Gasteiger partial charge in [0.2, 0.25) is 0 Å². The highest BCUT2D eigenvalue weighted by molar-refractivity contribution is 7.33. The van der Waals surface area contributed by atoms with Crippen LogP contribution in [0, 0.1) is 0 Å². The Morgan fingerprint density at radius 2 is 1.92 bits per heavy atom. The minimum Gasteiger partial charge on any atom is -0.493 e. The van der Waals surface area contributed by atoms with E-state index in [0.717, 1.165) is 24.8 Å². The Kier molecular flexibility index (Phi) is 9.73. The van der Waals surface area contributed by atoms with E-state index in [4.69, 9.17) is 26.9 Å². The lowest BCUT2D eigenvalue weighted by atomic mass is 9.81. The van der Waals surface area contributed by atoms with E-state index in [1.807, 2.05) is 0 Å². The van der Waals surface area contributed by atoms with Crippen molar-refractivity contribution in [2.75, 3.05) is 6.61 Å². The minimum absolute atomic E-state index is 0.670. The van der Waals surface area contributed by atoms with Crippen molar-refractivity contribution in [3.8, 4) is 5.75 Å². The fourth-order valence-corrected chi connectivity index (χ4v) is 5.24. The van der Waals surface area contributed by atoms with Gasteiger partial charge in [0.15, 0.2) is 0 Å². The van der Waals surface area contributed by atoms with Crippen LogP contribution in [0.5, 0.6) is 5.75 Å². The summed E-state index contributed by atoms with van der Waals surface area (Å²) in [6.07, 6.45) is 11.4. The number of halogens is 2. The Hall–Kier alpha value is -0.183. The zero-order valence-electron chi connectivity index (χ0n) is 15.8. The molecule has 0 N–H and O–H groups in total. The fraction of sp³-hybridized carbons (Fsp3) is 0.714. The van der Waals surface area contributed by atoms with Crippen LogP contribution >= 0.6 is 22.2 Å². The van der Waals surface area contributed by atoms with Crippen LogP contribution in [-0.2, 0) is 0 Å². The molecule has 0 saturated heterocycles. The molecule has 1 aliphatic carbocycles. The highest BCUT2D eigenvalue weighted by atomic mass is 35.7. The van der Waals surface area contributed by atoms with Crippen LogP contribution in [0.25, 0.3) is 0 Å². The van der Waals surface area contributed by atoms with Gasteiger partial charge in [0.25, 0.3) is 7.42 Å². The van der Waals surface area contributed by atoms with Crippen molar-refractivity contribution in [3.05, 3.63) is 29.3 Å². The molecule has 2 rings (SSSR count). The molecule has 1 unspecified atom stereocenters. The third-order valence-electron chi connectivity index (χ3n) is 5.45. The molecule has 0 aliphatic heterocycles. The molecule has 1 saturated carbocycles. The Balaban J connectivity index is 2.15. The first-order valence-corrected chi connectivity index (χ1v) is 13.8. The normalized spacial score (nSPS) is 17.0. The van der Waals surface area contributed by atoms with E-state index in [9.17, 15) is 0 Å². The Labute approximate surface area is 165 Å². The number of ether oxygens (including phenoxy) is 1. The molecule has 1 aliphatic rings. The van der Waals surface area contributed by atoms with Gasteiger partial charge in [-0.15, -0.1) is 22.2 Å². The van der Waals surface area contributed by atoms with Crippen molar-refractivity contribution in [2.45, 2.75) is 89.5 Å². The first-order valence-electron chi connectivity index (χ1n) is 10.1. The highest BCUT2D eigenvalue weighted by Crippen LogP contribution is 2.40. The van der Waals surface area contributed by atoms with Crippen molar-refractivity contribution < 1.29 is 4.74 Å². The topological polar surface area (TPSA) is 9.23 Å². The fourth-order valence-electron chi connectivity index (χ4n) is 4.03. The lowest BCUT2D eigenvalue weighted by molar-refractivity contribution is 0.307. The van der Waals surface area contributed by atoms with Crippen molar-refractivity contribution >= 4 is 29.6 Å². The zero-order chi connectivity index (χ0) is 18.1. The Morgan fingerprint density at radius 1 is 1.16 bits per heavy atom. The molecule has 4 heteroatoms. The average molecular weight is 400 g/mol. The Bertz CT molecular complexity index is 501. The monoisotopic (exact) mass is 399 g/mol. The summed E-state index contributed by atoms with van der Waals surface area (Å²) >= 11 is 11.9. The second-order valence-corrected chi connectivity index (χ2v) is 11.8. The molecule has 25 heavy (non-hydrogen) atoms. The summed E-state index contributed by atoms with van der Waals surface area (Å²) in [7, 11) is -1.18. The number of hydrogen-bond acceptors (Lipinski definition) is 1. The van der Waals surface area contributed by atoms with Gasteiger partial charge in [0.05, 0.1) is 6.61 Å². The maximum atomic E-state index is 6.17. The van der Waals surface area contributed by atoms with E-state index in [1.54, 1.807) is 0 Å². The highest BCUT2D eigenvalue weighted by Gasteiger charge is 2.21. The molecule has 0 spiro atoms. The van der Waals surface area contributed by atoms with Gasteiger partial charge in [-0.05, 0) is 67.2 Å². The van der Waals surface area contributed by atoms with Crippen molar-refractivity contribution in [1.29, 1.82) is 0 Å². The standard InChI is InChI=1S/C21H33Cl2OSi/c1-3-9-17(4-2)19-12-13-21(24-14-8-15-25(22)23)20(16-19)18-10-6-5-7-11-18/h12-13,16-18H,3-11,14-15H2,1-2H3. The third-order valence-corrected chi connectivity index (χ3v) is 7.31. The molecule has 1 aromatic carbocycles. The molecular weight excluding hydrogens is 367 g/mol. The summed E-state index contributed by atoms with van der Waals surface area (Å²) in [4.78, 5) is 0. The molecule has 1 aromatic rings. The van der Waals surface area contributed by atoms with Crippen LogP contribution in [-0.4, -0.2) is 14.0 Å². The van der Waals surface area contributed by atoms with Crippen LogP contribution in [0.2, 0.25) is 6.04 Å². The second-order valence-electron chi connectivity index (χ2n) is 7.32. The SMILES string of the molecule is CCCC(CC)c1ccc(OCCC[Si](Cl)Cl)c(C2CCCCC2)c1. The largest absolute Gasteiger partial charge is 0.493 e. The Morgan fingerprint density at radius 3 is 2.56 bits per heavy atom. The maximum Gasteiger partial charge on any atom is 0.274 e. The van der Waals surface area contributed by atoms with Gasteiger partial charge in [-0.3, -0.25) is 0 Å². The summed E-state index contributed by atoms with van der Waals surface area (Å²) in [5, 5.41) is 0. The second kappa shape index (κ2) is 11.5. The van der Waals surface area contributed by atoms with E-state index in [2.05, 4.69) is 32.0 Å². The molecule has 1 nitrogen and oxygen atoms in total. The molecule has 0 heterocycles. The predicted octanol–water partition coefficient (Wildman–Crippen LogP) is 7.76. The zero-order valence-corrected chi connectivity index (χ0v) is 18.3. The summed E-state index contributed by atoms with van der Waals surface area (Å²) in [5.74, 6) is 2.45. The number of rotatable bonds is 10. The van der Waals surface area contributed by atoms with Crippen molar-refractivity contribution in [2.24, 2.45) is 0 Å². The predicted molar refractivity (Wildman–Crippen MR) is 113 cm³/mol. The number of hydrogen-bond donors (Lipinski definition) is 0. The average Bonchev–Trinajstić information content (AvgIpc) is 2.64. The van der Waals surface area contributed by atoms with Crippen LogP contribution in [0.15, 0.2) is 18.2 Å². The summed E-state index contributed by atoms with van der Waals surface area (Å²) in [5.41, 5.74) is 2.96. The molecule has 0 amide bonds. The van der Waals surface area contributed by atoms with Crippen LogP contribution in [0.3, 0.4) is 0 Å². The van der Waals surface area contributed by atoms with Gasteiger partial charge >= 0.3 is 0 Å². The van der Waals surface area contributed by atoms with E-state index >= 15 is 0 Å². The lowest BCUT2D eigenvalue weighted by Gasteiger charge is -2.26. The minimum atomic E-state index is -1.18. The first-order chi connectivity index (χ1) is 12.2. The van der Waals surface area contributed by atoms with Crippen LogP contribution in [0.4, 0.5) is 0 Å². The summed E-state index contributed by atoms with van der Waals surface area (Å²) < 4.78 is 6.17. The maximum absolute atomic E-state index is 6.17. The van der Waals surface area contributed by atoms with E-state index in [-0.39, 0.29) is 0 Å². The molecule has 1 radical (unpaired) electrons. The van der Waals surface area contributed by atoms with Crippen LogP contribution < -0.4 is 4.74 Å². The van der Waals surface area contributed by atoms with E-state index in [0.29, 0.717) is 11.8 Å². The van der Waals surface area contributed by atoms with Gasteiger partial charge in [-0.1, -0.05) is 51.7 Å². The van der Waals surface area contributed by atoms with Crippen molar-refractivity contribution in [3.63, 3.8) is 0 Å². The van der Waals surface area contributed by atoms with Gasteiger partial charge in [-0.25, -0.2) is 0 Å². The summed E-state index contributed by atoms with van der Waals surface area (Å²) in [6, 6.07) is 7.88. The van der Waals surface area contributed by atoms with Crippen LogP contribution in [0.1, 0.15) is 94.6 Å². The van der Waals surface area contributed by atoms with Gasteiger partial charge in [-0.2, -0.15) is 0 Å². The molecule has 1 fully saturated rings. The lowest BCUT2D eigenvalue weighted by Crippen LogP contribution is -2.10. The van der Waals surface area contributed by atoms with E-state index in [1.165, 1.54) is 62.5 Å². The molecule has 0 bridgehead atoms. The van der Waals surface area contributed by atoms with Crippen molar-refractivity contribution in [1.82, 2.24) is 0 Å². The summed E-state index contributed by atoms with van der Waals surface area (Å²) in [6.45, 7) is 5.31. The smallest absolute Gasteiger partial charge is 0.274 e. The molecule has 0 aromatic heterocycles. The van der Waals surface area contributed by atoms with E-state index < -0.39 is 7.42 Å². The first kappa shape index (κ1) is 21.1. The molecule has 1 atom stereocenters. The quantitative estimate of drug-likeness (QED) is 0.221. The van der Waals surface area contributed by atoms with Gasteiger partial charge in [0, 0.05) is 0 Å². The third kappa shape index (κ3) is 6.80. The number of benzene rings is 1.